The zero-order chi connectivity index (χ0) is 24.4. The van der Waals surface area contributed by atoms with E-state index in [1.807, 2.05) is 30.5 Å². The number of H-pyrrole nitrogens is 1. The normalized spacial score (nSPS) is 14.3. The van der Waals surface area contributed by atoms with Gasteiger partial charge in [-0.3, -0.25) is 14.8 Å². The third-order valence-corrected chi connectivity index (χ3v) is 6.34. The van der Waals surface area contributed by atoms with E-state index in [-0.39, 0.29) is 5.91 Å². The minimum atomic E-state index is -0.174. The van der Waals surface area contributed by atoms with Crippen LogP contribution in [0.4, 0.5) is 11.5 Å². The van der Waals surface area contributed by atoms with E-state index in [0.717, 1.165) is 65.2 Å². The quantitative estimate of drug-likeness (QED) is 0.432. The number of rotatable bonds is 6. The largest absolute Gasteiger partial charge is 0.495 e. The molecule has 4 aromatic rings. The number of ether oxygens (including phenoxy) is 2. The van der Waals surface area contributed by atoms with E-state index in [2.05, 4.69) is 31.2 Å². The van der Waals surface area contributed by atoms with Crippen LogP contribution in [0.25, 0.3) is 33.5 Å². The summed E-state index contributed by atoms with van der Waals surface area (Å²) in [4.78, 5) is 31.2. The zero-order valence-corrected chi connectivity index (χ0v) is 20.0. The van der Waals surface area contributed by atoms with E-state index in [1.54, 1.807) is 26.6 Å². The average Bonchev–Trinajstić information content (AvgIpc) is 3.27. The molecule has 35 heavy (non-hydrogen) atoms. The van der Waals surface area contributed by atoms with Crippen molar-refractivity contribution in [2.45, 2.75) is 25.9 Å². The van der Waals surface area contributed by atoms with Crippen molar-refractivity contribution in [3.8, 4) is 28.3 Å². The number of fused-ring (bicyclic) bond motifs is 1. The van der Waals surface area contributed by atoms with Gasteiger partial charge in [-0.15, -0.1) is 0 Å². The maximum atomic E-state index is 11.6. The molecule has 9 nitrogen and oxygen atoms in total. The Balaban J connectivity index is 1.61. The molecule has 0 aromatic carbocycles. The van der Waals surface area contributed by atoms with Crippen LogP contribution in [0.15, 0.2) is 48.9 Å². The van der Waals surface area contributed by atoms with Gasteiger partial charge in [0.1, 0.15) is 11.6 Å². The van der Waals surface area contributed by atoms with E-state index >= 15 is 0 Å². The van der Waals surface area contributed by atoms with Gasteiger partial charge < -0.3 is 24.7 Å². The van der Waals surface area contributed by atoms with Gasteiger partial charge in [0.25, 0.3) is 0 Å². The predicted molar refractivity (Wildman–Crippen MR) is 136 cm³/mol. The van der Waals surface area contributed by atoms with Gasteiger partial charge in [-0.2, -0.15) is 0 Å². The molecule has 0 spiro atoms. The molecule has 180 valence electrons. The van der Waals surface area contributed by atoms with Gasteiger partial charge in [-0.05, 0) is 43.2 Å². The number of nitrogens with zero attached hydrogens (tertiary/aromatic N) is 4. The molecule has 5 heterocycles. The molecule has 4 aromatic heterocycles. The minimum Gasteiger partial charge on any atom is -0.495 e. The third-order valence-electron chi connectivity index (χ3n) is 6.34. The van der Waals surface area contributed by atoms with Crippen LogP contribution >= 0.6 is 0 Å². The van der Waals surface area contributed by atoms with Crippen LogP contribution in [0, 0.1) is 0 Å². The van der Waals surface area contributed by atoms with Gasteiger partial charge in [0.2, 0.25) is 5.91 Å². The number of aromatic nitrogens is 4. The number of aromatic amines is 1. The molecule has 2 N–H and O–H groups in total. The van der Waals surface area contributed by atoms with Crippen LogP contribution in [-0.4, -0.2) is 59.3 Å². The van der Waals surface area contributed by atoms with Crippen molar-refractivity contribution in [3.63, 3.8) is 0 Å². The van der Waals surface area contributed by atoms with E-state index in [9.17, 15) is 4.79 Å². The second-order valence-electron chi connectivity index (χ2n) is 8.58. The Labute approximate surface area is 203 Å². The zero-order valence-electron chi connectivity index (χ0n) is 20.0. The number of carbonyl (C=O) groups is 1. The molecule has 5 rings (SSSR count). The van der Waals surface area contributed by atoms with E-state index in [1.165, 1.54) is 6.92 Å². The number of carbonyl (C=O) groups excluding carboxylic acids is 1. The first kappa shape index (κ1) is 22.8. The minimum absolute atomic E-state index is 0.174. The van der Waals surface area contributed by atoms with E-state index in [4.69, 9.17) is 14.5 Å². The fourth-order valence-electron chi connectivity index (χ4n) is 4.54. The van der Waals surface area contributed by atoms with Crippen molar-refractivity contribution in [1.82, 2.24) is 19.9 Å². The summed E-state index contributed by atoms with van der Waals surface area (Å²) in [6, 6.07) is 9.69. The fourth-order valence-corrected chi connectivity index (χ4v) is 4.54. The standard InChI is InChI=1S/C26H28N6O3/c1-16(33)30-23-12-17(6-9-27-23)25-24(21-5-4-20(35-3)15-28-21)26-22(31-25)13-18(14-29-26)32-10-7-19(34-2)8-11-32/h4-6,9,12-15,19,31H,7-8,10-11H2,1-3H3,(H,27,30,33). The van der Waals surface area contributed by atoms with Crippen LogP contribution in [0.2, 0.25) is 0 Å². The molecule has 0 aliphatic carbocycles. The Morgan fingerprint density at radius 1 is 1.09 bits per heavy atom. The topological polar surface area (TPSA) is 105 Å². The van der Waals surface area contributed by atoms with Crippen LogP contribution < -0.4 is 15.0 Å². The highest BCUT2D eigenvalue weighted by atomic mass is 16.5. The number of methoxy groups -OCH3 is 2. The highest BCUT2D eigenvalue weighted by molar-refractivity contribution is 6.02. The molecule has 0 atom stereocenters. The summed E-state index contributed by atoms with van der Waals surface area (Å²) < 4.78 is 10.8. The van der Waals surface area contributed by atoms with Gasteiger partial charge in [-0.25, -0.2) is 4.98 Å². The molecule has 1 saturated heterocycles. The van der Waals surface area contributed by atoms with Gasteiger partial charge in [-0.1, -0.05) is 0 Å². The Bertz CT molecular complexity index is 1340. The third kappa shape index (κ3) is 4.67. The van der Waals surface area contributed by atoms with Gasteiger partial charge in [0, 0.05) is 38.9 Å². The smallest absolute Gasteiger partial charge is 0.222 e. The van der Waals surface area contributed by atoms with Crippen LogP contribution in [0.5, 0.6) is 5.75 Å². The summed E-state index contributed by atoms with van der Waals surface area (Å²) in [5.41, 5.74) is 6.19. The molecule has 1 aliphatic rings. The number of amides is 1. The Morgan fingerprint density at radius 3 is 2.60 bits per heavy atom. The highest BCUT2D eigenvalue weighted by Crippen LogP contribution is 2.38. The monoisotopic (exact) mass is 472 g/mol. The lowest BCUT2D eigenvalue weighted by Gasteiger charge is -2.32. The molecule has 0 saturated carbocycles. The van der Waals surface area contributed by atoms with Crippen molar-refractivity contribution < 1.29 is 14.3 Å². The molecule has 9 heteroatoms. The summed E-state index contributed by atoms with van der Waals surface area (Å²) >= 11 is 0. The molecule has 1 fully saturated rings. The fraction of sp³-hybridized carbons (Fsp3) is 0.308. The van der Waals surface area contributed by atoms with Gasteiger partial charge in [0.05, 0.1) is 59.3 Å². The lowest BCUT2D eigenvalue weighted by molar-refractivity contribution is -0.114. The van der Waals surface area contributed by atoms with Gasteiger partial charge >= 0.3 is 0 Å². The Kier molecular flexibility index (Phi) is 6.33. The summed E-state index contributed by atoms with van der Waals surface area (Å²) in [7, 11) is 3.40. The second kappa shape index (κ2) is 9.71. The van der Waals surface area contributed by atoms with E-state index in [0.29, 0.717) is 17.7 Å². The Hall–Kier alpha value is -3.98. The molecule has 1 amide bonds. The van der Waals surface area contributed by atoms with Crippen LogP contribution in [0.3, 0.4) is 0 Å². The lowest BCUT2D eigenvalue weighted by atomic mass is 10.0. The first-order valence-corrected chi connectivity index (χ1v) is 11.6. The molecule has 1 aliphatic heterocycles. The average molecular weight is 473 g/mol. The maximum Gasteiger partial charge on any atom is 0.222 e. The molecule has 0 radical (unpaired) electrons. The summed E-state index contributed by atoms with van der Waals surface area (Å²) in [5, 5.41) is 2.75. The molecule has 0 bridgehead atoms. The summed E-state index contributed by atoms with van der Waals surface area (Å²) in [5.74, 6) is 0.991. The molecular weight excluding hydrogens is 444 g/mol. The number of hydrogen-bond donors (Lipinski definition) is 2. The van der Waals surface area contributed by atoms with Gasteiger partial charge in [0.15, 0.2) is 0 Å². The predicted octanol–water partition coefficient (Wildman–Crippen LogP) is 4.27. The first-order chi connectivity index (χ1) is 17.1. The van der Waals surface area contributed by atoms with Crippen molar-refractivity contribution >= 4 is 28.4 Å². The van der Waals surface area contributed by atoms with E-state index < -0.39 is 0 Å². The summed E-state index contributed by atoms with van der Waals surface area (Å²) in [6.07, 6.45) is 7.60. The number of hydrogen-bond acceptors (Lipinski definition) is 7. The lowest BCUT2D eigenvalue weighted by Crippen LogP contribution is -2.36. The maximum absolute atomic E-state index is 11.6. The number of anilines is 2. The number of piperidine rings is 1. The molecular formula is C26H28N6O3. The summed E-state index contributed by atoms with van der Waals surface area (Å²) in [6.45, 7) is 3.32. The van der Waals surface area contributed by atoms with Crippen molar-refractivity contribution in [3.05, 3.63) is 48.9 Å². The highest BCUT2D eigenvalue weighted by Gasteiger charge is 2.22. The Morgan fingerprint density at radius 2 is 1.91 bits per heavy atom. The molecule has 0 unspecified atom stereocenters. The van der Waals surface area contributed by atoms with Crippen molar-refractivity contribution in [1.29, 1.82) is 0 Å². The van der Waals surface area contributed by atoms with Crippen molar-refractivity contribution in [2.75, 3.05) is 37.5 Å². The van der Waals surface area contributed by atoms with Crippen molar-refractivity contribution in [2.24, 2.45) is 0 Å². The van der Waals surface area contributed by atoms with Crippen LogP contribution in [-0.2, 0) is 9.53 Å². The second-order valence-corrected chi connectivity index (χ2v) is 8.58. The SMILES string of the molecule is COc1ccc(-c2c(-c3ccnc(NC(C)=O)c3)[nH]c3cc(N4CCC(OC)CC4)cnc23)nc1. The number of nitrogens with one attached hydrogen (secondary N) is 2. The first-order valence-electron chi connectivity index (χ1n) is 11.6. The van der Waals surface area contributed by atoms with Crippen LogP contribution in [0.1, 0.15) is 19.8 Å². The number of pyridine rings is 3.